The summed E-state index contributed by atoms with van der Waals surface area (Å²) < 4.78 is 23.0. The predicted molar refractivity (Wildman–Crippen MR) is 57.2 cm³/mol. The molecule has 1 aliphatic rings. The maximum atomic E-state index is 12.2. The minimum Gasteiger partial charge on any atom is -0.396 e. The smallest absolute Gasteiger partial charge is 0.197 e. The van der Waals surface area contributed by atoms with Crippen molar-refractivity contribution in [1.82, 2.24) is 0 Å². The predicted octanol–water partition coefficient (Wildman–Crippen LogP) is 0.735. The fourth-order valence-corrected chi connectivity index (χ4v) is 3.85. The number of nitrogens with zero attached hydrogens (tertiary/aromatic N) is 1. The molecule has 84 valence electrons. The highest BCUT2D eigenvalue weighted by Gasteiger charge is 2.64. The number of hydrogen-bond donors (Lipinski definition) is 1. The first-order chi connectivity index (χ1) is 7.58. The van der Waals surface area contributed by atoms with Crippen LogP contribution < -0.4 is 0 Å². The Bertz CT molecular complexity index is 532. The third kappa shape index (κ3) is 1.34. The van der Waals surface area contributed by atoms with Gasteiger partial charge in [0.05, 0.1) is 11.0 Å². The Morgan fingerprint density at radius 3 is 2.50 bits per heavy atom. The summed E-state index contributed by atoms with van der Waals surface area (Å²) in [6, 6.07) is 9.75. The number of benzene rings is 1. The first kappa shape index (κ1) is 11.1. The van der Waals surface area contributed by atoms with Crippen LogP contribution in [0.5, 0.6) is 0 Å². The maximum Gasteiger partial charge on any atom is 0.197 e. The highest BCUT2D eigenvalue weighted by atomic mass is 32.2. The van der Waals surface area contributed by atoms with E-state index in [2.05, 4.69) is 0 Å². The topological polar surface area (TPSA) is 78.2 Å². The zero-order valence-corrected chi connectivity index (χ0v) is 9.31. The average Bonchev–Trinajstić information content (AvgIpc) is 3.05. The molecule has 0 bridgehead atoms. The van der Waals surface area contributed by atoms with Crippen LogP contribution in [0.1, 0.15) is 6.42 Å². The molecule has 0 saturated heterocycles. The maximum absolute atomic E-state index is 12.2. The molecule has 1 aliphatic carbocycles. The second-order valence-corrected chi connectivity index (χ2v) is 6.11. The lowest BCUT2D eigenvalue weighted by atomic mass is 10.3. The Balaban J connectivity index is 2.46. The SMILES string of the molecule is N#C[C@@]1(S(=O)(=O)c2ccccc2)C[C@H]1CO. The van der Waals surface area contributed by atoms with Gasteiger partial charge in [-0.25, -0.2) is 8.42 Å². The number of aliphatic hydroxyl groups is 1. The van der Waals surface area contributed by atoms with Gasteiger partial charge < -0.3 is 5.11 Å². The average molecular weight is 237 g/mol. The monoisotopic (exact) mass is 237 g/mol. The number of rotatable bonds is 3. The molecule has 1 saturated carbocycles. The molecule has 1 fully saturated rings. The van der Waals surface area contributed by atoms with Crippen molar-refractivity contribution >= 4 is 9.84 Å². The zero-order valence-electron chi connectivity index (χ0n) is 8.50. The summed E-state index contributed by atoms with van der Waals surface area (Å²) in [5, 5.41) is 18.0. The van der Waals surface area contributed by atoms with E-state index in [9.17, 15) is 8.42 Å². The van der Waals surface area contributed by atoms with Crippen LogP contribution in [0, 0.1) is 17.2 Å². The van der Waals surface area contributed by atoms with E-state index in [0.717, 1.165) is 0 Å². The summed E-state index contributed by atoms with van der Waals surface area (Å²) in [6.07, 6.45) is 0.219. The van der Waals surface area contributed by atoms with Crippen LogP contribution in [0.25, 0.3) is 0 Å². The third-order valence-corrected chi connectivity index (χ3v) is 5.43. The molecule has 16 heavy (non-hydrogen) atoms. The first-order valence-electron chi connectivity index (χ1n) is 4.90. The Morgan fingerprint density at radius 1 is 1.44 bits per heavy atom. The Labute approximate surface area is 94.1 Å². The first-order valence-corrected chi connectivity index (χ1v) is 6.38. The highest BCUT2D eigenvalue weighted by Crippen LogP contribution is 2.51. The van der Waals surface area contributed by atoms with Gasteiger partial charge in [0.25, 0.3) is 0 Å². The van der Waals surface area contributed by atoms with Gasteiger partial charge in [-0.15, -0.1) is 0 Å². The van der Waals surface area contributed by atoms with E-state index in [-0.39, 0.29) is 17.9 Å². The van der Waals surface area contributed by atoms with Crippen molar-refractivity contribution in [2.45, 2.75) is 16.1 Å². The molecular formula is C11H11NO3S. The fourth-order valence-electron chi connectivity index (χ4n) is 1.86. The molecule has 0 radical (unpaired) electrons. The summed E-state index contributed by atoms with van der Waals surface area (Å²) in [7, 11) is -3.66. The van der Waals surface area contributed by atoms with Crippen LogP contribution in [0.2, 0.25) is 0 Å². The molecule has 0 unspecified atom stereocenters. The number of hydrogen-bond acceptors (Lipinski definition) is 4. The second kappa shape index (κ2) is 3.58. The van der Waals surface area contributed by atoms with Crippen molar-refractivity contribution in [2.24, 2.45) is 5.92 Å². The van der Waals surface area contributed by atoms with Crippen molar-refractivity contribution in [2.75, 3.05) is 6.61 Å². The molecule has 1 N–H and O–H groups in total. The van der Waals surface area contributed by atoms with Gasteiger partial charge in [0.1, 0.15) is 0 Å². The summed E-state index contributed by atoms with van der Waals surface area (Å²) in [4.78, 5) is 0.146. The van der Waals surface area contributed by atoms with Gasteiger partial charge in [-0.3, -0.25) is 0 Å². The lowest BCUT2D eigenvalue weighted by Crippen LogP contribution is -2.25. The third-order valence-electron chi connectivity index (χ3n) is 2.99. The van der Waals surface area contributed by atoms with Crippen molar-refractivity contribution < 1.29 is 13.5 Å². The van der Waals surface area contributed by atoms with E-state index < -0.39 is 20.5 Å². The van der Waals surface area contributed by atoms with E-state index in [0.29, 0.717) is 0 Å². The molecule has 5 heteroatoms. The second-order valence-electron chi connectivity index (χ2n) is 3.90. The summed E-state index contributed by atoms with van der Waals surface area (Å²) in [6.45, 7) is -0.264. The number of aliphatic hydroxyl groups excluding tert-OH is 1. The normalized spacial score (nSPS) is 28.4. The summed E-state index contributed by atoms with van der Waals surface area (Å²) >= 11 is 0. The van der Waals surface area contributed by atoms with Crippen LogP contribution in [0.15, 0.2) is 35.2 Å². The van der Waals surface area contributed by atoms with Crippen LogP contribution in [-0.4, -0.2) is 24.9 Å². The van der Waals surface area contributed by atoms with Crippen LogP contribution in [0.3, 0.4) is 0 Å². The van der Waals surface area contributed by atoms with E-state index in [4.69, 9.17) is 10.4 Å². The molecule has 1 aromatic carbocycles. The molecule has 4 nitrogen and oxygen atoms in total. The van der Waals surface area contributed by atoms with Gasteiger partial charge in [-0.2, -0.15) is 5.26 Å². The summed E-state index contributed by atoms with van der Waals surface area (Å²) in [5.41, 5.74) is 0. The van der Waals surface area contributed by atoms with Crippen molar-refractivity contribution in [3.63, 3.8) is 0 Å². The molecule has 0 amide bonds. The Morgan fingerprint density at radius 2 is 2.06 bits per heavy atom. The van der Waals surface area contributed by atoms with E-state index in [1.165, 1.54) is 12.1 Å². The molecule has 2 rings (SSSR count). The van der Waals surface area contributed by atoms with Gasteiger partial charge in [0.15, 0.2) is 14.6 Å². The molecule has 1 aromatic rings. The van der Waals surface area contributed by atoms with E-state index in [1.807, 2.05) is 6.07 Å². The van der Waals surface area contributed by atoms with Gasteiger partial charge >= 0.3 is 0 Å². The largest absolute Gasteiger partial charge is 0.396 e. The summed E-state index contributed by atoms with van der Waals surface area (Å²) in [5.74, 6) is -0.456. The van der Waals surface area contributed by atoms with Gasteiger partial charge in [0, 0.05) is 12.5 Å². The van der Waals surface area contributed by atoms with Crippen molar-refractivity contribution in [1.29, 1.82) is 5.26 Å². The quantitative estimate of drug-likeness (QED) is 0.840. The van der Waals surface area contributed by atoms with Gasteiger partial charge in [-0.05, 0) is 18.6 Å². The standard InChI is InChI=1S/C11H11NO3S/c12-8-11(6-9(11)7-13)16(14,15)10-4-2-1-3-5-10/h1-5,9,13H,6-7H2/t9-,11-/m0/s1. The molecular weight excluding hydrogens is 226 g/mol. The minimum absolute atomic E-state index is 0.146. The highest BCUT2D eigenvalue weighted by molar-refractivity contribution is 7.93. The van der Waals surface area contributed by atoms with E-state index >= 15 is 0 Å². The van der Waals surface area contributed by atoms with E-state index in [1.54, 1.807) is 18.2 Å². The van der Waals surface area contributed by atoms with Crippen LogP contribution >= 0.6 is 0 Å². The molecule has 0 spiro atoms. The fraction of sp³-hybridized carbons (Fsp3) is 0.364. The lowest BCUT2D eigenvalue weighted by Gasteiger charge is -2.09. The Hall–Kier alpha value is -1.38. The van der Waals surface area contributed by atoms with Crippen LogP contribution in [-0.2, 0) is 9.84 Å². The lowest BCUT2D eigenvalue weighted by molar-refractivity contribution is 0.274. The number of sulfone groups is 1. The molecule has 0 aliphatic heterocycles. The van der Waals surface area contributed by atoms with Gasteiger partial charge in [-0.1, -0.05) is 18.2 Å². The molecule has 0 heterocycles. The zero-order chi connectivity index (χ0) is 11.8. The van der Waals surface area contributed by atoms with Crippen molar-refractivity contribution in [3.8, 4) is 6.07 Å². The Kier molecular flexibility index (Phi) is 2.49. The molecule has 2 atom stereocenters. The van der Waals surface area contributed by atoms with Crippen LogP contribution in [0.4, 0.5) is 0 Å². The minimum atomic E-state index is -3.66. The molecule has 0 aromatic heterocycles. The number of nitriles is 1. The van der Waals surface area contributed by atoms with Crippen molar-refractivity contribution in [3.05, 3.63) is 30.3 Å². The van der Waals surface area contributed by atoms with Gasteiger partial charge in [0.2, 0.25) is 0 Å².